The molecule has 4 nitrogen and oxygen atoms in total. The van der Waals surface area contributed by atoms with Gasteiger partial charge in [0.15, 0.2) is 11.6 Å². The van der Waals surface area contributed by atoms with Gasteiger partial charge < -0.3 is 9.64 Å². The molecule has 0 saturated heterocycles. The molecule has 0 N–H and O–H groups in total. The van der Waals surface area contributed by atoms with Crippen LogP contribution in [-0.2, 0) is 11.6 Å². The van der Waals surface area contributed by atoms with Gasteiger partial charge in [0.25, 0.3) is 0 Å². The van der Waals surface area contributed by atoms with Gasteiger partial charge in [-0.1, -0.05) is 24.3 Å². The Labute approximate surface area is 199 Å². The quantitative estimate of drug-likeness (QED) is 0.313. The van der Waals surface area contributed by atoms with E-state index in [1.807, 2.05) is 30.9 Å². The van der Waals surface area contributed by atoms with Crippen LogP contribution < -0.4 is 9.64 Å². The fourth-order valence-electron chi connectivity index (χ4n) is 5.58. The van der Waals surface area contributed by atoms with E-state index in [1.54, 1.807) is 43.4 Å². The molecule has 6 rings (SSSR count). The van der Waals surface area contributed by atoms with Gasteiger partial charge in [0.05, 0.1) is 11.0 Å². The molecule has 0 bridgehead atoms. The summed E-state index contributed by atoms with van der Waals surface area (Å²) in [7, 11) is 1.78. The minimum Gasteiger partial charge on any atom is -0.463 e. The molecule has 3 aromatic rings. The van der Waals surface area contributed by atoms with Crippen LogP contribution in [0.2, 0.25) is 0 Å². The minimum absolute atomic E-state index is 0.225. The lowest BCUT2D eigenvalue weighted by Crippen LogP contribution is -2.58. The molecule has 0 amide bonds. The molecule has 3 aromatic carbocycles. The van der Waals surface area contributed by atoms with Crippen LogP contribution in [0.5, 0.6) is 5.75 Å². The second-order valence-electron chi connectivity index (χ2n) is 9.68. The standard InChI is InChI=1S/C28H20F3NO3/c1-26(2)21-13-16(28(29,30)31)8-9-22(21)32(3)27(26)11-10-15-12-19-20(14-23(15)35-27)25(34)18-7-5-4-6-17(18)24(19)33/h4-14H,1-3H3. The number of likely N-dealkylation sites (N-methyl/N-ethyl adjacent to an activating group) is 1. The molecule has 1 atom stereocenters. The number of ether oxygens (including phenoxy) is 1. The summed E-state index contributed by atoms with van der Waals surface area (Å²) in [6.45, 7) is 3.68. The van der Waals surface area contributed by atoms with Gasteiger partial charge in [-0.15, -0.1) is 0 Å². The number of nitrogens with zero attached hydrogens (tertiary/aromatic N) is 1. The molecule has 1 aliphatic carbocycles. The zero-order chi connectivity index (χ0) is 24.9. The number of carbonyl (C=O) groups is 2. The molecule has 0 aromatic heterocycles. The summed E-state index contributed by atoms with van der Waals surface area (Å²) in [6, 6.07) is 13.7. The smallest absolute Gasteiger partial charge is 0.416 e. The van der Waals surface area contributed by atoms with Gasteiger partial charge in [-0.05, 0) is 61.9 Å². The first kappa shape index (κ1) is 21.6. The highest BCUT2D eigenvalue weighted by molar-refractivity contribution is 6.28. The zero-order valence-electron chi connectivity index (χ0n) is 19.2. The van der Waals surface area contributed by atoms with Crippen molar-refractivity contribution in [1.29, 1.82) is 0 Å². The number of hydrogen-bond donors (Lipinski definition) is 0. The van der Waals surface area contributed by atoms with Crippen molar-refractivity contribution >= 4 is 23.3 Å². The Morgan fingerprint density at radius 3 is 2.11 bits per heavy atom. The molecule has 35 heavy (non-hydrogen) atoms. The first-order valence-corrected chi connectivity index (χ1v) is 11.2. The van der Waals surface area contributed by atoms with Crippen LogP contribution in [0.15, 0.2) is 60.7 Å². The number of fused-ring (bicyclic) bond motifs is 4. The van der Waals surface area contributed by atoms with Crippen molar-refractivity contribution < 1.29 is 27.5 Å². The van der Waals surface area contributed by atoms with Crippen molar-refractivity contribution in [2.45, 2.75) is 31.2 Å². The summed E-state index contributed by atoms with van der Waals surface area (Å²) >= 11 is 0. The lowest BCUT2D eigenvalue weighted by molar-refractivity contribution is -0.137. The fraction of sp³-hybridized carbons (Fsp3) is 0.214. The van der Waals surface area contributed by atoms with Gasteiger partial charge in [-0.2, -0.15) is 13.2 Å². The Kier molecular flexibility index (Phi) is 4.10. The van der Waals surface area contributed by atoms with E-state index in [9.17, 15) is 22.8 Å². The van der Waals surface area contributed by atoms with Crippen molar-refractivity contribution in [2.75, 3.05) is 11.9 Å². The highest BCUT2D eigenvalue weighted by Gasteiger charge is 2.58. The predicted octanol–water partition coefficient (Wildman–Crippen LogP) is 6.01. The maximum atomic E-state index is 13.5. The van der Waals surface area contributed by atoms with Crippen molar-refractivity contribution in [3.05, 3.63) is 99.6 Å². The van der Waals surface area contributed by atoms with E-state index >= 15 is 0 Å². The third-order valence-electron chi connectivity index (χ3n) is 7.56. The van der Waals surface area contributed by atoms with Crippen LogP contribution >= 0.6 is 0 Å². The maximum absolute atomic E-state index is 13.5. The number of rotatable bonds is 0. The van der Waals surface area contributed by atoms with Gasteiger partial charge in [0, 0.05) is 40.6 Å². The minimum atomic E-state index is -4.46. The average molecular weight is 475 g/mol. The lowest BCUT2D eigenvalue weighted by atomic mass is 9.75. The lowest BCUT2D eigenvalue weighted by Gasteiger charge is -2.46. The normalized spacial score (nSPS) is 21.4. The molecular weight excluding hydrogens is 455 g/mol. The molecule has 1 spiro atoms. The number of benzene rings is 3. The Hall–Kier alpha value is -3.87. The van der Waals surface area contributed by atoms with Crippen molar-refractivity contribution in [3.63, 3.8) is 0 Å². The van der Waals surface area contributed by atoms with Crippen LogP contribution in [0.1, 0.15) is 62.4 Å². The summed E-state index contributed by atoms with van der Waals surface area (Å²) in [4.78, 5) is 28.1. The number of ketones is 2. The predicted molar refractivity (Wildman–Crippen MR) is 125 cm³/mol. The van der Waals surface area contributed by atoms with Crippen LogP contribution in [-0.4, -0.2) is 24.3 Å². The highest BCUT2D eigenvalue weighted by Crippen LogP contribution is 2.55. The maximum Gasteiger partial charge on any atom is 0.416 e. The van der Waals surface area contributed by atoms with Crippen molar-refractivity contribution in [2.24, 2.45) is 0 Å². The van der Waals surface area contributed by atoms with Gasteiger partial charge in [-0.25, -0.2) is 0 Å². The van der Waals surface area contributed by atoms with E-state index in [0.717, 1.165) is 6.07 Å². The van der Waals surface area contributed by atoms with E-state index in [1.165, 1.54) is 12.1 Å². The number of carbonyl (C=O) groups excluding carboxylic acids is 2. The summed E-state index contributed by atoms with van der Waals surface area (Å²) in [5.41, 5.74) is 0.358. The average Bonchev–Trinajstić information content (AvgIpc) is 2.99. The number of alkyl halides is 3. The zero-order valence-corrected chi connectivity index (χ0v) is 19.2. The van der Waals surface area contributed by atoms with E-state index in [2.05, 4.69) is 0 Å². The molecule has 2 aliphatic heterocycles. The van der Waals surface area contributed by atoms with Gasteiger partial charge in [0.2, 0.25) is 5.72 Å². The van der Waals surface area contributed by atoms with Crippen molar-refractivity contribution in [3.8, 4) is 5.75 Å². The number of halogens is 3. The van der Waals surface area contributed by atoms with Gasteiger partial charge in [-0.3, -0.25) is 9.59 Å². The summed E-state index contributed by atoms with van der Waals surface area (Å²) in [5.74, 6) is -0.0880. The van der Waals surface area contributed by atoms with Gasteiger partial charge >= 0.3 is 6.18 Å². The number of hydrogen-bond acceptors (Lipinski definition) is 4. The van der Waals surface area contributed by atoms with E-state index < -0.39 is 22.9 Å². The molecule has 176 valence electrons. The summed E-state index contributed by atoms with van der Waals surface area (Å²) in [5, 5.41) is 0. The Morgan fingerprint density at radius 2 is 1.49 bits per heavy atom. The Morgan fingerprint density at radius 1 is 0.857 bits per heavy atom. The molecule has 0 radical (unpaired) electrons. The fourth-order valence-corrected chi connectivity index (χ4v) is 5.58. The van der Waals surface area contributed by atoms with Gasteiger partial charge in [0.1, 0.15) is 5.75 Å². The van der Waals surface area contributed by atoms with Crippen molar-refractivity contribution in [1.82, 2.24) is 0 Å². The second kappa shape index (κ2) is 6.62. The monoisotopic (exact) mass is 475 g/mol. The molecular formula is C28H20F3NO3. The number of anilines is 1. The van der Waals surface area contributed by atoms with E-state index in [-0.39, 0.29) is 17.1 Å². The summed E-state index contributed by atoms with van der Waals surface area (Å²) in [6.07, 6.45) is -0.832. The SMILES string of the molecule is CN1c2ccc(C(F)(F)F)cc2C(C)(C)C12C=Cc1cc3c(cc1O2)C(=O)c1ccccc1C3=O. The highest BCUT2D eigenvalue weighted by atomic mass is 19.4. The van der Waals surface area contributed by atoms with Crippen LogP contribution in [0, 0.1) is 0 Å². The Balaban J connectivity index is 1.47. The largest absolute Gasteiger partial charge is 0.463 e. The third kappa shape index (κ3) is 2.69. The van der Waals surface area contributed by atoms with E-state index in [4.69, 9.17) is 4.74 Å². The molecule has 1 unspecified atom stereocenters. The third-order valence-corrected chi connectivity index (χ3v) is 7.56. The topological polar surface area (TPSA) is 46.6 Å². The van der Waals surface area contributed by atoms with E-state index in [0.29, 0.717) is 39.3 Å². The molecule has 7 heteroatoms. The van der Waals surface area contributed by atoms with Crippen LogP contribution in [0.3, 0.4) is 0 Å². The molecule has 3 aliphatic rings. The second-order valence-corrected chi connectivity index (χ2v) is 9.68. The molecule has 0 fully saturated rings. The molecule has 2 heterocycles. The Bertz CT molecular complexity index is 1500. The molecule has 0 saturated carbocycles. The first-order valence-electron chi connectivity index (χ1n) is 11.2. The van der Waals surface area contributed by atoms with Crippen LogP contribution in [0.25, 0.3) is 6.08 Å². The van der Waals surface area contributed by atoms with Crippen LogP contribution in [0.4, 0.5) is 18.9 Å². The first-order chi connectivity index (χ1) is 16.5. The summed E-state index contributed by atoms with van der Waals surface area (Å²) < 4.78 is 46.9.